The van der Waals surface area contributed by atoms with Crippen LogP contribution in [-0.4, -0.2) is 21.9 Å². The molecule has 5 heteroatoms. The molecule has 0 spiro atoms. The molecule has 1 aromatic heterocycles. The molecule has 0 aliphatic carbocycles. The van der Waals surface area contributed by atoms with Gasteiger partial charge in [-0.3, -0.25) is 10.1 Å². The fraction of sp³-hybridized carbons (Fsp3) is 0.556. The van der Waals surface area contributed by atoms with Crippen LogP contribution in [0.2, 0.25) is 0 Å². The molecule has 14 heavy (non-hydrogen) atoms. The van der Waals surface area contributed by atoms with Gasteiger partial charge in [0.2, 0.25) is 11.9 Å². The number of hydrogen-bond acceptors (Lipinski definition) is 3. The van der Waals surface area contributed by atoms with Crippen LogP contribution in [0.15, 0.2) is 12.4 Å². The van der Waals surface area contributed by atoms with Gasteiger partial charge in [0.15, 0.2) is 0 Å². The lowest BCUT2D eigenvalue weighted by atomic mass is 10.1. The first kappa shape index (κ1) is 10.7. The van der Waals surface area contributed by atoms with E-state index in [1.54, 1.807) is 12.4 Å². The molecule has 0 fully saturated rings. The summed E-state index contributed by atoms with van der Waals surface area (Å²) in [6.45, 7) is 2.07. The lowest BCUT2D eigenvalue weighted by Gasteiger charge is -2.09. The summed E-state index contributed by atoms with van der Waals surface area (Å²) in [5.74, 6) is 0.260. The average molecular weight is 196 g/mol. The molecule has 0 unspecified atom stereocenters. The highest BCUT2D eigenvalue weighted by Gasteiger charge is 2.13. The van der Waals surface area contributed by atoms with Crippen molar-refractivity contribution in [3.63, 3.8) is 0 Å². The molecular formula is C9H16N4O. The molecule has 0 saturated carbocycles. The van der Waals surface area contributed by atoms with Crippen LogP contribution >= 0.6 is 0 Å². The van der Waals surface area contributed by atoms with E-state index in [1.807, 2.05) is 0 Å². The van der Waals surface area contributed by atoms with Crippen molar-refractivity contribution in [2.24, 2.45) is 5.73 Å². The van der Waals surface area contributed by atoms with E-state index in [4.69, 9.17) is 5.73 Å². The number of aromatic amines is 1. The summed E-state index contributed by atoms with van der Waals surface area (Å²) in [5.41, 5.74) is 5.67. The van der Waals surface area contributed by atoms with E-state index in [-0.39, 0.29) is 5.91 Å². The highest BCUT2D eigenvalue weighted by Crippen LogP contribution is 2.01. The summed E-state index contributed by atoms with van der Waals surface area (Å²) >= 11 is 0. The molecule has 0 radical (unpaired) electrons. The van der Waals surface area contributed by atoms with Gasteiger partial charge in [-0.1, -0.05) is 19.8 Å². The zero-order chi connectivity index (χ0) is 10.4. The topological polar surface area (TPSA) is 83.8 Å². The van der Waals surface area contributed by atoms with E-state index >= 15 is 0 Å². The maximum Gasteiger partial charge on any atom is 0.243 e. The maximum absolute atomic E-state index is 11.4. The Morgan fingerprint density at radius 3 is 3.14 bits per heavy atom. The smallest absolute Gasteiger partial charge is 0.243 e. The van der Waals surface area contributed by atoms with Crippen LogP contribution in [-0.2, 0) is 4.79 Å². The number of hydrogen-bond donors (Lipinski definition) is 3. The summed E-state index contributed by atoms with van der Waals surface area (Å²) in [6.07, 6.45) is 5.94. The molecule has 5 nitrogen and oxygen atoms in total. The minimum atomic E-state index is -0.444. The quantitative estimate of drug-likeness (QED) is 0.653. The lowest BCUT2D eigenvalue weighted by Crippen LogP contribution is -2.35. The number of amides is 1. The Kier molecular flexibility index (Phi) is 4.12. The number of carbonyl (C=O) groups excluding carboxylic acids is 1. The number of carbonyl (C=O) groups is 1. The predicted octanol–water partition coefficient (Wildman–Crippen LogP) is 0.866. The Balaban J connectivity index is 2.34. The largest absolute Gasteiger partial charge is 0.331 e. The molecular weight excluding hydrogens is 180 g/mol. The fourth-order valence-electron chi connectivity index (χ4n) is 1.10. The van der Waals surface area contributed by atoms with Crippen LogP contribution in [0, 0.1) is 0 Å². The summed E-state index contributed by atoms with van der Waals surface area (Å²) in [5, 5.41) is 2.60. The van der Waals surface area contributed by atoms with Crippen LogP contribution in [0.5, 0.6) is 0 Å². The Hall–Kier alpha value is -1.36. The van der Waals surface area contributed by atoms with E-state index in [0.717, 1.165) is 12.8 Å². The molecule has 0 aliphatic heterocycles. The third-order valence-electron chi connectivity index (χ3n) is 1.95. The molecule has 0 bridgehead atoms. The van der Waals surface area contributed by atoms with Gasteiger partial charge in [0, 0.05) is 12.4 Å². The number of rotatable bonds is 5. The van der Waals surface area contributed by atoms with Crippen molar-refractivity contribution in [2.45, 2.75) is 32.2 Å². The van der Waals surface area contributed by atoms with Crippen LogP contribution in [0.4, 0.5) is 5.95 Å². The molecule has 0 aliphatic rings. The van der Waals surface area contributed by atoms with Gasteiger partial charge in [0.1, 0.15) is 0 Å². The van der Waals surface area contributed by atoms with Crippen molar-refractivity contribution >= 4 is 11.9 Å². The second kappa shape index (κ2) is 5.39. The van der Waals surface area contributed by atoms with Gasteiger partial charge in [-0.15, -0.1) is 0 Å². The van der Waals surface area contributed by atoms with Gasteiger partial charge >= 0.3 is 0 Å². The second-order valence-electron chi connectivity index (χ2n) is 3.18. The summed E-state index contributed by atoms with van der Waals surface area (Å²) in [6, 6.07) is -0.444. The number of unbranched alkanes of at least 4 members (excludes halogenated alkanes) is 1. The molecule has 1 heterocycles. The molecule has 1 aromatic rings. The van der Waals surface area contributed by atoms with Crippen LogP contribution < -0.4 is 11.1 Å². The second-order valence-corrected chi connectivity index (χ2v) is 3.18. The normalized spacial score (nSPS) is 12.4. The van der Waals surface area contributed by atoms with E-state index in [1.165, 1.54) is 0 Å². The van der Waals surface area contributed by atoms with Gasteiger partial charge in [-0.2, -0.15) is 0 Å². The SMILES string of the molecule is CCCC[C@H](N)C(=O)Nc1ncc[nH]1. The minimum Gasteiger partial charge on any atom is -0.331 e. The Morgan fingerprint density at radius 1 is 1.79 bits per heavy atom. The number of aromatic nitrogens is 2. The molecule has 78 valence electrons. The average Bonchev–Trinajstić information content (AvgIpc) is 2.66. The van der Waals surface area contributed by atoms with Crippen molar-refractivity contribution in [1.82, 2.24) is 9.97 Å². The van der Waals surface area contributed by atoms with Crippen LogP contribution in [0.1, 0.15) is 26.2 Å². The van der Waals surface area contributed by atoms with Gasteiger partial charge in [0.05, 0.1) is 6.04 Å². The van der Waals surface area contributed by atoms with Crippen molar-refractivity contribution in [3.05, 3.63) is 12.4 Å². The summed E-state index contributed by atoms with van der Waals surface area (Å²) < 4.78 is 0. The molecule has 0 aromatic carbocycles. The van der Waals surface area contributed by atoms with Crippen LogP contribution in [0.25, 0.3) is 0 Å². The molecule has 4 N–H and O–H groups in total. The van der Waals surface area contributed by atoms with E-state index < -0.39 is 6.04 Å². The predicted molar refractivity (Wildman–Crippen MR) is 54.7 cm³/mol. The number of anilines is 1. The molecule has 1 atom stereocenters. The highest BCUT2D eigenvalue weighted by molar-refractivity contribution is 5.93. The van der Waals surface area contributed by atoms with E-state index in [9.17, 15) is 4.79 Å². The maximum atomic E-state index is 11.4. The van der Waals surface area contributed by atoms with E-state index in [0.29, 0.717) is 12.4 Å². The van der Waals surface area contributed by atoms with Gasteiger partial charge in [-0.25, -0.2) is 4.98 Å². The first-order valence-corrected chi connectivity index (χ1v) is 4.80. The molecule has 1 rings (SSSR count). The number of nitrogens with two attached hydrogens (primary N) is 1. The van der Waals surface area contributed by atoms with Gasteiger partial charge in [-0.05, 0) is 6.42 Å². The first-order valence-electron chi connectivity index (χ1n) is 4.80. The van der Waals surface area contributed by atoms with Crippen molar-refractivity contribution in [2.75, 3.05) is 5.32 Å². The molecule has 1 amide bonds. The Labute approximate surface area is 83.1 Å². The minimum absolute atomic E-state index is 0.187. The standard InChI is InChI=1S/C9H16N4O/c1-2-3-4-7(10)8(14)13-9-11-5-6-12-9/h5-7H,2-4,10H2,1H3,(H2,11,12,13,14)/t7-/m0/s1. The lowest BCUT2D eigenvalue weighted by molar-refractivity contribution is -0.117. The zero-order valence-electron chi connectivity index (χ0n) is 8.29. The highest BCUT2D eigenvalue weighted by atomic mass is 16.2. The van der Waals surface area contributed by atoms with Crippen molar-refractivity contribution in [3.8, 4) is 0 Å². The van der Waals surface area contributed by atoms with Gasteiger partial charge < -0.3 is 10.7 Å². The number of imidazole rings is 1. The van der Waals surface area contributed by atoms with Crippen LogP contribution in [0.3, 0.4) is 0 Å². The van der Waals surface area contributed by atoms with Gasteiger partial charge in [0.25, 0.3) is 0 Å². The fourth-order valence-corrected chi connectivity index (χ4v) is 1.10. The Bertz CT molecular complexity index is 270. The van der Waals surface area contributed by atoms with Crippen molar-refractivity contribution < 1.29 is 4.79 Å². The number of nitrogens with one attached hydrogen (secondary N) is 2. The van der Waals surface area contributed by atoms with E-state index in [2.05, 4.69) is 22.2 Å². The third-order valence-corrected chi connectivity index (χ3v) is 1.95. The zero-order valence-corrected chi connectivity index (χ0v) is 8.29. The molecule has 0 saturated heterocycles. The van der Waals surface area contributed by atoms with Crippen molar-refractivity contribution in [1.29, 1.82) is 0 Å². The number of nitrogens with zero attached hydrogens (tertiary/aromatic N) is 1. The first-order chi connectivity index (χ1) is 6.74. The third kappa shape index (κ3) is 3.18. The summed E-state index contributed by atoms with van der Waals surface area (Å²) in [7, 11) is 0. The monoisotopic (exact) mass is 196 g/mol. The Morgan fingerprint density at radius 2 is 2.57 bits per heavy atom. The summed E-state index contributed by atoms with van der Waals surface area (Å²) in [4.78, 5) is 18.1. The number of H-pyrrole nitrogens is 1.